The summed E-state index contributed by atoms with van der Waals surface area (Å²) in [6, 6.07) is 8.47. The van der Waals surface area contributed by atoms with Gasteiger partial charge in [-0.15, -0.1) is 0 Å². The summed E-state index contributed by atoms with van der Waals surface area (Å²) >= 11 is 0. The van der Waals surface area contributed by atoms with Gasteiger partial charge in [-0.05, 0) is 44.4 Å². The van der Waals surface area contributed by atoms with E-state index in [-0.39, 0.29) is 28.8 Å². The predicted octanol–water partition coefficient (Wildman–Crippen LogP) is 3.24. The molecule has 4 rings (SSSR count). The lowest BCUT2D eigenvalue weighted by Gasteiger charge is -2.35. The summed E-state index contributed by atoms with van der Waals surface area (Å²) in [5.74, 6) is -0.785. The number of hydrogen-bond acceptors (Lipinski definition) is 5. The molecule has 0 unspecified atom stereocenters. The minimum Gasteiger partial charge on any atom is -0.328 e. The van der Waals surface area contributed by atoms with E-state index >= 15 is 0 Å². The molecule has 1 fully saturated rings. The van der Waals surface area contributed by atoms with Crippen LogP contribution < -0.4 is 10.9 Å². The minimum atomic E-state index is -0.532. The van der Waals surface area contributed by atoms with Gasteiger partial charge >= 0.3 is 0 Å². The predicted molar refractivity (Wildman–Crippen MR) is 120 cm³/mol. The maximum Gasteiger partial charge on any atom is 0.259 e. The van der Waals surface area contributed by atoms with Crippen molar-refractivity contribution in [3.05, 3.63) is 87.6 Å². The number of anilines is 1. The maximum absolute atomic E-state index is 13.9. The fourth-order valence-corrected chi connectivity index (χ4v) is 3.95. The van der Waals surface area contributed by atoms with Gasteiger partial charge in [0.25, 0.3) is 11.8 Å². The van der Waals surface area contributed by atoms with E-state index in [1.54, 1.807) is 31.0 Å². The molecule has 9 heteroatoms. The Kier molecular flexibility index (Phi) is 6.30. The minimum absolute atomic E-state index is 0.0762. The fourth-order valence-electron chi connectivity index (χ4n) is 3.95. The lowest BCUT2D eigenvalue weighted by molar-refractivity contribution is 0.0598. The van der Waals surface area contributed by atoms with Gasteiger partial charge in [-0.25, -0.2) is 14.4 Å². The summed E-state index contributed by atoms with van der Waals surface area (Å²) in [5.41, 5.74) is 0.974. The Morgan fingerprint density at radius 1 is 1.15 bits per heavy atom. The zero-order valence-corrected chi connectivity index (χ0v) is 18.4. The second-order valence-electron chi connectivity index (χ2n) is 8.04. The number of likely N-dealkylation sites (tertiary alicyclic amines) is 1. The van der Waals surface area contributed by atoms with Gasteiger partial charge in [-0.1, -0.05) is 12.1 Å². The lowest BCUT2D eigenvalue weighted by Crippen LogP contribution is -2.39. The highest BCUT2D eigenvalue weighted by Crippen LogP contribution is 2.30. The number of aromatic nitrogens is 3. The van der Waals surface area contributed by atoms with Crippen LogP contribution in [0, 0.1) is 12.7 Å². The number of piperidine rings is 1. The molecule has 170 valence electrons. The van der Waals surface area contributed by atoms with Gasteiger partial charge in [0.2, 0.25) is 5.56 Å². The molecule has 1 aliphatic heterocycles. The van der Waals surface area contributed by atoms with Crippen molar-refractivity contribution in [3.8, 4) is 0 Å². The van der Waals surface area contributed by atoms with E-state index in [1.165, 1.54) is 41.2 Å². The monoisotopic (exact) mass is 449 g/mol. The fraction of sp³-hybridized carbons (Fsp3) is 0.292. The summed E-state index contributed by atoms with van der Waals surface area (Å²) in [5, 5.41) is 2.54. The van der Waals surface area contributed by atoms with Crippen LogP contribution in [0.1, 0.15) is 57.5 Å². The average Bonchev–Trinajstić information content (AvgIpc) is 2.81. The van der Waals surface area contributed by atoms with Crippen LogP contribution in [0.3, 0.4) is 0 Å². The van der Waals surface area contributed by atoms with Crippen LogP contribution in [0.5, 0.6) is 0 Å². The standard InChI is InChI=1S/C24H24FN5O3/c1-15-17(23(32)28-19-8-4-3-7-18(19)25)13-26-22(27-15)20-9-5-6-12-30(20)24(33)16-10-11-21(31)29(2)14-16/h3-4,7-8,10-11,13-14,20H,5-6,9,12H2,1-2H3,(H,28,32)/t20-/m1/s1. The number of carbonyl (C=O) groups is 2. The molecule has 1 atom stereocenters. The highest BCUT2D eigenvalue weighted by Gasteiger charge is 2.31. The summed E-state index contributed by atoms with van der Waals surface area (Å²) in [7, 11) is 1.60. The van der Waals surface area contributed by atoms with Gasteiger partial charge < -0.3 is 14.8 Å². The molecule has 0 bridgehead atoms. The van der Waals surface area contributed by atoms with Crippen molar-refractivity contribution in [2.45, 2.75) is 32.2 Å². The zero-order valence-electron chi connectivity index (χ0n) is 18.4. The molecule has 3 aromatic rings. The first-order chi connectivity index (χ1) is 15.8. The number of nitrogens with zero attached hydrogens (tertiary/aromatic N) is 4. The van der Waals surface area contributed by atoms with E-state index in [1.807, 2.05) is 0 Å². The Labute approximate surface area is 190 Å². The topological polar surface area (TPSA) is 97.2 Å². The normalized spacial score (nSPS) is 15.8. The van der Waals surface area contributed by atoms with Crippen molar-refractivity contribution in [3.63, 3.8) is 0 Å². The van der Waals surface area contributed by atoms with Crippen molar-refractivity contribution < 1.29 is 14.0 Å². The van der Waals surface area contributed by atoms with Gasteiger partial charge in [0.1, 0.15) is 5.82 Å². The van der Waals surface area contributed by atoms with Crippen LogP contribution in [-0.2, 0) is 7.05 Å². The Hall–Kier alpha value is -3.88. The third-order valence-electron chi connectivity index (χ3n) is 5.76. The molecule has 0 saturated carbocycles. The molecule has 0 aliphatic carbocycles. The number of aryl methyl sites for hydroxylation is 2. The molecule has 3 heterocycles. The van der Waals surface area contributed by atoms with Crippen molar-refractivity contribution in [2.24, 2.45) is 7.05 Å². The molecule has 2 aromatic heterocycles. The van der Waals surface area contributed by atoms with Crippen molar-refractivity contribution >= 4 is 17.5 Å². The van der Waals surface area contributed by atoms with Crippen molar-refractivity contribution in [1.29, 1.82) is 0 Å². The largest absolute Gasteiger partial charge is 0.328 e. The third-order valence-corrected chi connectivity index (χ3v) is 5.76. The highest BCUT2D eigenvalue weighted by molar-refractivity contribution is 6.04. The van der Waals surface area contributed by atoms with Crippen LogP contribution in [-0.4, -0.2) is 37.8 Å². The molecule has 1 N–H and O–H groups in total. The Balaban J connectivity index is 1.58. The lowest BCUT2D eigenvalue weighted by atomic mass is 10.00. The van der Waals surface area contributed by atoms with Gasteiger partial charge in [0.05, 0.1) is 28.6 Å². The highest BCUT2D eigenvalue weighted by atomic mass is 19.1. The van der Waals surface area contributed by atoms with E-state index in [0.717, 1.165) is 12.8 Å². The van der Waals surface area contributed by atoms with Crippen LogP contribution in [0.25, 0.3) is 0 Å². The second-order valence-corrected chi connectivity index (χ2v) is 8.04. The van der Waals surface area contributed by atoms with E-state index in [9.17, 15) is 18.8 Å². The Morgan fingerprint density at radius 3 is 2.67 bits per heavy atom. The number of para-hydroxylation sites is 1. The zero-order chi connectivity index (χ0) is 23.5. The molecule has 1 saturated heterocycles. The van der Waals surface area contributed by atoms with Crippen molar-refractivity contribution in [1.82, 2.24) is 19.4 Å². The Morgan fingerprint density at radius 2 is 1.94 bits per heavy atom. The first-order valence-electron chi connectivity index (χ1n) is 10.7. The molecule has 2 amide bonds. The molecule has 0 spiro atoms. The first kappa shape index (κ1) is 22.3. The smallest absolute Gasteiger partial charge is 0.259 e. The summed E-state index contributed by atoms with van der Waals surface area (Å²) in [4.78, 5) is 48.2. The molecule has 33 heavy (non-hydrogen) atoms. The third kappa shape index (κ3) is 4.67. The van der Waals surface area contributed by atoms with Gasteiger partial charge in [-0.3, -0.25) is 14.4 Å². The van der Waals surface area contributed by atoms with E-state index in [0.29, 0.717) is 30.0 Å². The number of nitrogens with one attached hydrogen (secondary N) is 1. The number of amides is 2. The van der Waals surface area contributed by atoms with Gasteiger partial charge in [-0.2, -0.15) is 0 Å². The van der Waals surface area contributed by atoms with Gasteiger partial charge in [0, 0.05) is 32.1 Å². The Bertz CT molecular complexity index is 1270. The molecule has 1 aliphatic rings. The van der Waals surface area contributed by atoms with Gasteiger partial charge in [0.15, 0.2) is 5.82 Å². The van der Waals surface area contributed by atoms with E-state index in [2.05, 4.69) is 15.3 Å². The van der Waals surface area contributed by atoms with Crippen molar-refractivity contribution in [2.75, 3.05) is 11.9 Å². The van der Waals surface area contributed by atoms with E-state index in [4.69, 9.17) is 0 Å². The number of hydrogen-bond donors (Lipinski definition) is 1. The van der Waals surface area contributed by atoms with Crippen LogP contribution in [0.15, 0.2) is 53.6 Å². The molecular weight excluding hydrogens is 425 g/mol. The van der Waals surface area contributed by atoms with Crippen LogP contribution >= 0.6 is 0 Å². The van der Waals surface area contributed by atoms with Crippen LogP contribution in [0.4, 0.5) is 10.1 Å². The van der Waals surface area contributed by atoms with E-state index < -0.39 is 11.7 Å². The summed E-state index contributed by atoms with van der Waals surface area (Å²) in [6.07, 6.45) is 5.41. The number of pyridine rings is 1. The number of rotatable bonds is 4. The quantitative estimate of drug-likeness (QED) is 0.660. The molecular formula is C24H24FN5O3. The summed E-state index contributed by atoms with van der Waals surface area (Å²) < 4.78 is 15.2. The summed E-state index contributed by atoms with van der Waals surface area (Å²) in [6.45, 7) is 2.23. The maximum atomic E-state index is 13.9. The van der Waals surface area contributed by atoms with Crippen LogP contribution in [0.2, 0.25) is 0 Å². The number of carbonyl (C=O) groups excluding carboxylic acids is 2. The second kappa shape index (κ2) is 9.32. The molecule has 1 aromatic carbocycles. The molecule has 8 nitrogen and oxygen atoms in total. The number of halogens is 1. The number of benzene rings is 1. The average molecular weight is 449 g/mol. The molecule has 0 radical (unpaired) electrons. The SMILES string of the molecule is Cc1nc([C@H]2CCCCN2C(=O)c2ccc(=O)n(C)c2)ncc1C(=O)Nc1ccccc1F. The first-order valence-corrected chi connectivity index (χ1v) is 10.7.